The van der Waals surface area contributed by atoms with E-state index in [9.17, 15) is 8.42 Å². The largest absolute Gasteiger partial charge is 0.396 e. The van der Waals surface area contributed by atoms with E-state index < -0.39 is 15.6 Å². The number of aliphatic hydroxyl groups is 1. The first-order valence-electron chi connectivity index (χ1n) is 6.46. The number of aryl methyl sites for hydroxylation is 2. The summed E-state index contributed by atoms with van der Waals surface area (Å²) in [6.07, 6.45) is 1.02. The summed E-state index contributed by atoms with van der Waals surface area (Å²) in [5.74, 6) is 0. The highest BCUT2D eigenvalue weighted by Crippen LogP contribution is 2.20. The van der Waals surface area contributed by atoms with Crippen LogP contribution in [0, 0.1) is 13.8 Å². The summed E-state index contributed by atoms with van der Waals surface area (Å²) in [5, 5.41) is 9.05. The molecule has 1 aromatic carbocycles. The minimum atomic E-state index is -3.55. The van der Waals surface area contributed by atoms with Gasteiger partial charge in [-0.3, -0.25) is 0 Å². The van der Waals surface area contributed by atoms with E-state index in [1.54, 1.807) is 18.2 Å². The Labute approximate surface area is 115 Å². The van der Waals surface area contributed by atoms with Crippen molar-refractivity contribution in [2.24, 2.45) is 0 Å². The van der Waals surface area contributed by atoms with Crippen LogP contribution in [0.3, 0.4) is 0 Å². The van der Waals surface area contributed by atoms with Gasteiger partial charge < -0.3 is 5.11 Å². The lowest BCUT2D eigenvalue weighted by Crippen LogP contribution is -2.46. The molecule has 19 heavy (non-hydrogen) atoms. The molecular formula is C14H23NO3S. The normalized spacial score (nSPS) is 15.2. The van der Waals surface area contributed by atoms with Crippen LogP contribution in [0.4, 0.5) is 0 Å². The summed E-state index contributed by atoms with van der Waals surface area (Å²) >= 11 is 0. The van der Waals surface area contributed by atoms with Gasteiger partial charge in [0.05, 0.1) is 4.90 Å². The zero-order chi connectivity index (χ0) is 14.7. The summed E-state index contributed by atoms with van der Waals surface area (Å²) in [6.45, 7) is 7.50. The van der Waals surface area contributed by atoms with Crippen molar-refractivity contribution in [2.45, 2.75) is 51.0 Å². The van der Waals surface area contributed by atoms with Crippen LogP contribution in [-0.2, 0) is 10.0 Å². The molecule has 108 valence electrons. The van der Waals surface area contributed by atoms with Gasteiger partial charge in [-0.2, -0.15) is 0 Å². The fourth-order valence-corrected chi connectivity index (χ4v) is 3.40. The van der Waals surface area contributed by atoms with E-state index in [1.807, 2.05) is 27.7 Å². The van der Waals surface area contributed by atoms with Crippen molar-refractivity contribution in [1.82, 2.24) is 4.72 Å². The van der Waals surface area contributed by atoms with Crippen molar-refractivity contribution in [2.75, 3.05) is 6.61 Å². The average Bonchev–Trinajstić information content (AvgIpc) is 2.32. The first-order chi connectivity index (χ1) is 8.74. The van der Waals surface area contributed by atoms with E-state index in [0.717, 1.165) is 11.1 Å². The van der Waals surface area contributed by atoms with Gasteiger partial charge in [0.15, 0.2) is 0 Å². The Morgan fingerprint density at radius 1 is 1.26 bits per heavy atom. The molecule has 0 aliphatic rings. The van der Waals surface area contributed by atoms with Gasteiger partial charge in [0.2, 0.25) is 10.0 Å². The SMILES string of the molecule is CCC(C)(CCO)NS(=O)(=O)c1ccc(C)c(C)c1. The van der Waals surface area contributed by atoms with Crippen LogP contribution >= 0.6 is 0 Å². The monoisotopic (exact) mass is 285 g/mol. The third-order valence-electron chi connectivity index (χ3n) is 3.61. The fourth-order valence-electron chi connectivity index (χ4n) is 1.81. The Balaban J connectivity index is 3.07. The molecule has 0 aliphatic heterocycles. The van der Waals surface area contributed by atoms with Crippen LogP contribution in [0.25, 0.3) is 0 Å². The van der Waals surface area contributed by atoms with Gasteiger partial charge in [-0.25, -0.2) is 13.1 Å². The quantitative estimate of drug-likeness (QED) is 0.841. The van der Waals surface area contributed by atoms with E-state index >= 15 is 0 Å². The van der Waals surface area contributed by atoms with Crippen LogP contribution < -0.4 is 4.72 Å². The van der Waals surface area contributed by atoms with Crippen LogP contribution in [-0.4, -0.2) is 25.7 Å². The molecule has 0 saturated carbocycles. The molecule has 0 aromatic heterocycles. The third-order valence-corrected chi connectivity index (χ3v) is 5.25. The molecule has 0 bridgehead atoms. The number of aliphatic hydroxyl groups excluding tert-OH is 1. The molecule has 5 heteroatoms. The number of rotatable bonds is 6. The van der Waals surface area contributed by atoms with E-state index in [0.29, 0.717) is 12.8 Å². The maximum atomic E-state index is 12.4. The first-order valence-corrected chi connectivity index (χ1v) is 7.94. The van der Waals surface area contributed by atoms with Crippen LogP contribution in [0.1, 0.15) is 37.8 Å². The first kappa shape index (κ1) is 16.1. The van der Waals surface area contributed by atoms with Crippen molar-refractivity contribution in [3.05, 3.63) is 29.3 Å². The highest BCUT2D eigenvalue weighted by atomic mass is 32.2. The van der Waals surface area contributed by atoms with Crippen molar-refractivity contribution in [3.63, 3.8) is 0 Å². The van der Waals surface area contributed by atoms with Crippen LogP contribution in [0.5, 0.6) is 0 Å². The summed E-state index contributed by atoms with van der Waals surface area (Å²) < 4.78 is 27.4. The molecular weight excluding hydrogens is 262 g/mol. The smallest absolute Gasteiger partial charge is 0.241 e. The molecule has 0 radical (unpaired) electrons. The molecule has 1 aromatic rings. The number of nitrogens with one attached hydrogen (secondary N) is 1. The zero-order valence-electron chi connectivity index (χ0n) is 12.0. The Hall–Kier alpha value is -0.910. The molecule has 4 nitrogen and oxygen atoms in total. The maximum absolute atomic E-state index is 12.4. The van der Waals surface area contributed by atoms with Crippen molar-refractivity contribution < 1.29 is 13.5 Å². The number of hydrogen-bond donors (Lipinski definition) is 2. The summed E-state index contributed by atoms with van der Waals surface area (Å²) in [4.78, 5) is 0.271. The lowest BCUT2D eigenvalue weighted by atomic mass is 9.97. The molecule has 1 unspecified atom stereocenters. The van der Waals surface area contributed by atoms with Gasteiger partial charge in [0, 0.05) is 12.1 Å². The van der Waals surface area contributed by atoms with E-state index in [2.05, 4.69) is 4.72 Å². The van der Waals surface area contributed by atoms with Crippen molar-refractivity contribution in [1.29, 1.82) is 0 Å². The Bertz CT molecular complexity index is 540. The molecule has 0 saturated heterocycles. The number of sulfonamides is 1. The Kier molecular flexibility index (Phi) is 5.12. The molecule has 0 aliphatic carbocycles. The number of hydrogen-bond acceptors (Lipinski definition) is 3. The predicted molar refractivity (Wildman–Crippen MR) is 76.6 cm³/mol. The minimum absolute atomic E-state index is 0.0419. The van der Waals surface area contributed by atoms with Crippen LogP contribution in [0.2, 0.25) is 0 Å². The topological polar surface area (TPSA) is 66.4 Å². The van der Waals surface area contributed by atoms with Crippen LogP contribution in [0.15, 0.2) is 23.1 Å². The van der Waals surface area contributed by atoms with E-state index in [4.69, 9.17) is 5.11 Å². The molecule has 0 fully saturated rings. The second kappa shape index (κ2) is 6.03. The minimum Gasteiger partial charge on any atom is -0.396 e. The van der Waals surface area contributed by atoms with Gasteiger partial charge in [-0.15, -0.1) is 0 Å². The van der Waals surface area contributed by atoms with E-state index in [-0.39, 0.29) is 11.5 Å². The molecule has 0 amide bonds. The summed E-state index contributed by atoms with van der Waals surface area (Å²) in [6, 6.07) is 5.09. The molecule has 1 rings (SSSR count). The van der Waals surface area contributed by atoms with E-state index in [1.165, 1.54) is 0 Å². The lowest BCUT2D eigenvalue weighted by molar-refractivity contribution is 0.233. The van der Waals surface area contributed by atoms with Gasteiger partial charge >= 0.3 is 0 Å². The summed E-state index contributed by atoms with van der Waals surface area (Å²) in [7, 11) is -3.55. The van der Waals surface area contributed by atoms with Gasteiger partial charge in [0.25, 0.3) is 0 Å². The molecule has 2 N–H and O–H groups in total. The fraction of sp³-hybridized carbons (Fsp3) is 0.571. The highest BCUT2D eigenvalue weighted by Gasteiger charge is 2.28. The third kappa shape index (κ3) is 4.03. The second-order valence-corrected chi connectivity index (χ2v) is 6.92. The predicted octanol–water partition coefficient (Wildman–Crippen LogP) is 2.13. The van der Waals surface area contributed by atoms with Gasteiger partial charge in [-0.05, 0) is 56.9 Å². The second-order valence-electron chi connectivity index (χ2n) is 5.24. The van der Waals surface area contributed by atoms with Gasteiger partial charge in [0.1, 0.15) is 0 Å². The number of benzene rings is 1. The standard InChI is InChI=1S/C14H23NO3S/c1-5-14(4,8-9-16)15-19(17,18)13-7-6-11(2)12(3)10-13/h6-7,10,15-16H,5,8-9H2,1-4H3. The Morgan fingerprint density at radius 3 is 2.37 bits per heavy atom. The Morgan fingerprint density at radius 2 is 1.89 bits per heavy atom. The highest BCUT2D eigenvalue weighted by molar-refractivity contribution is 7.89. The lowest BCUT2D eigenvalue weighted by Gasteiger charge is -2.28. The van der Waals surface area contributed by atoms with Crippen molar-refractivity contribution >= 4 is 10.0 Å². The molecule has 0 spiro atoms. The van der Waals surface area contributed by atoms with Crippen molar-refractivity contribution in [3.8, 4) is 0 Å². The molecule has 0 heterocycles. The zero-order valence-corrected chi connectivity index (χ0v) is 12.8. The average molecular weight is 285 g/mol. The van der Waals surface area contributed by atoms with Gasteiger partial charge in [-0.1, -0.05) is 13.0 Å². The maximum Gasteiger partial charge on any atom is 0.241 e. The molecule has 1 atom stereocenters. The summed E-state index contributed by atoms with van der Waals surface area (Å²) in [5.41, 5.74) is 1.39.